The van der Waals surface area contributed by atoms with Gasteiger partial charge in [0.15, 0.2) is 0 Å². The van der Waals surface area contributed by atoms with E-state index in [2.05, 4.69) is 26.6 Å². The molecule has 1 saturated carbocycles. The minimum absolute atomic E-state index is 0. The second kappa shape index (κ2) is 7.40. The van der Waals surface area contributed by atoms with Crippen LogP contribution in [0.4, 0.5) is 5.69 Å². The Bertz CT molecular complexity index is 594. The van der Waals surface area contributed by atoms with Crippen molar-refractivity contribution in [2.75, 3.05) is 12.4 Å². The van der Waals surface area contributed by atoms with Gasteiger partial charge >= 0.3 is 29.6 Å². The molecule has 2 N–H and O–H groups in total. The average Bonchev–Trinajstić information content (AvgIpc) is 3.20. The molecule has 1 aromatic carbocycles. The molecule has 0 aliphatic heterocycles. The summed E-state index contributed by atoms with van der Waals surface area (Å²) >= 11 is 3.26. The number of carboxylic acid groups (broad SMARTS) is 1. The molecule has 0 unspecified atom stereocenters. The maximum atomic E-state index is 11.9. The Hall–Kier alpha value is -0.890. The molecule has 2 atom stereocenters. The number of rotatable bonds is 4. The van der Waals surface area contributed by atoms with Crippen LogP contribution in [0.5, 0.6) is 0 Å². The van der Waals surface area contributed by atoms with Gasteiger partial charge in [-0.15, -0.1) is 0 Å². The molecule has 0 bridgehead atoms. The summed E-state index contributed by atoms with van der Waals surface area (Å²) in [5, 5.41) is 15.7. The van der Waals surface area contributed by atoms with E-state index in [0.29, 0.717) is 22.1 Å². The van der Waals surface area contributed by atoms with Gasteiger partial charge in [0.05, 0.1) is 15.7 Å². The van der Waals surface area contributed by atoms with Crippen molar-refractivity contribution < 1.29 is 49.0 Å². The van der Waals surface area contributed by atoms with Crippen molar-refractivity contribution in [3.8, 4) is 0 Å². The Morgan fingerprint density at radius 3 is 2.48 bits per heavy atom. The van der Waals surface area contributed by atoms with Crippen LogP contribution < -0.4 is 45.3 Å². The van der Waals surface area contributed by atoms with E-state index in [4.69, 9.17) is 0 Å². The Morgan fingerprint density at radius 2 is 1.95 bits per heavy atom. The van der Waals surface area contributed by atoms with Crippen LogP contribution in [0.1, 0.15) is 16.8 Å². The van der Waals surface area contributed by atoms with Crippen LogP contribution in [0.25, 0.3) is 0 Å². The quantitative estimate of drug-likeness (QED) is 0.563. The third-order valence-electron chi connectivity index (χ3n) is 3.16. The van der Waals surface area contributed by atoms with Crippen molar-refractivity contribution >= 4 is 39.4 Å². The summed E-state index contributed by atoms with van der Waals surface area (Å²) in [5.74, 6) is -3.14. The van der Waals surface area contributed by atoms with Crippen LogP contribution in [0.15, 0.2) is 22.7 Å². The molecule has 1 aromatic rings. The minimum atomic E-state index is -1.21. The normalized spacial score (nSPS) is 19.1. The largest absolute Gasteiger partial charge is 1.00 e. The zero-order chi connectivity index (χ0) is 14.9. The van der Waals surface area contributed by atoms with E-state index in [-0.39, 0.29) is 41.4 Å². The van der Waals surface area contributed by atoms with Gasteiger partial charge < -0.3 is 20.5 Å². The fourth-order valence-electron chi connectivity index (χ4n) is 1.91. The third-order valence-corrected chi connectivity index (χ3v) is 4.01. The zero-order valence-corrected chi connectivity index (χ0v) is 15.2. The summed E-state index contributed by atoms with van der Waals surface area (Å²) in [6.45, 7) is 0. The molecule has 21 heavy (non-hydrogen) atoms. The van der Waals surface area contributed by atoms with E-state index < -0.39 is 17.8 Å². The summed E-state index contributed by atoms with van der Waals surface area (Å²) in [7, 11) is 1.51. The van der Waals surface area contributed by atoms with Crippen LogP contribution in [0.2, 0.25) is 0 Å². The molecule has 6 nitrogen and oxygen atoms in total. The number of hydrogen-bond donors (Lipinski definition) is 2. The fourth-order valence-corrected chi connectivity index (χ4v) is 2.45. The fraction of sp³-hybridized carbons (Fsp3) is 0.308. The molecule has 2 amide bonds. The molecular weight excluding hydrogens is 351 g/mol. The van der Waals surface area contributed by atoms with Crippen LogP contribution in [-0.2, 0) is 9.59 Å². The standard InChI is InChI=1S/C13H13BrN2O4.Na/c1-15-11(17)6-3-2-4-9(10(6)14)16-12(18)7-5-8(7)13(19)20;/h2-4,7-8H,5H2,1H3,(H,15,17)(H,16,18)(H,19,20);/q;+1/p-1/t7-,8+;/m1./s1. The number of halogens is 1. The van der Waals surface area contributed by atoms with E-state index >= 15 is 0 Å². The number of benzene rings is 1. The van der Waals surface area contributed by atoms with Gasteiger partial charge in [-0.1, -0.05) is 6.07 Å². The second-order valence-electron chi connectivity index (χ2n) is 4.50. The smallest absolute Gasteiger partial charge is 0.550 e. The predicted octanol–water partition coefficient (Wildman–Crippen LogP) is -2.86. The molecule has 0 spiro atoms. The monoisotopic (exact) mass is 362 g/mol. The Labute approximate surface area is 152 Å². The second-order valence-corrected chi connectivity index (χ2v) is 5.30. The number of aliphatic carboxylic acids is 1. The van der Waals surface area contributed by atoms with Gasteiger partial charge in [0.25, 0.3) is 5.91 Å². The first-order valence-electron chi connectivity index (χ1n) is 5.98. The predicted molar refractivity (Wildman–Crippen MR) is 72.8 cm³/mol. The number of hydrogen-bond acceptors (Lipinski definition) is 4. The molecule has 8 heteroatoms. The molecule has 1 fully saturated rings. The first-order chi connectivity index (χ1) is 9.45. The van der Waals surface area contributed by atoms with Crippen LogP contribution in [-0.4, -0.2) is 24.8 Å². The number of carboxylic acids is 1. The van der Waals surface area contributed by atoms with E-state index in [1.54, 1.807) is 18.2 Å². The van der Waals surface area contributed by atoms with Gasteiger partial charge in [-0.25, -0.2) is 0 Å². The van der Waals surface area contributed by atoms with Gasteiger partial charge in [0.1, 0.15) is 0 Å². The Balaban J connectivity index is 0.00000220. The molecule has 106 valence electrons. The van der Waals surface area contributed by atoms with Crippen molar-refractivity contribution in [1.29, 1.82) is 0 Å². The van der Waals surface area contributed by atoms with Crippen molar-refractivity contribution in [3.05, 3.63) is 28.2 Å². The molecule has 2 rings (SSSR count). The van der Waals surface area contributed by atoms with Crippen molar-refractivity contribution in [2.45, 2.75) is 6.42 Å². The summed E-state index contributed by atoms with van der Waals surface area (Å²) in [5.41, 5.74) is 0.817. The zero-order valence-electron chi connectivity index (χ0n) is 11.6. The van der Waals surface area contributed by atoms with Gasteiger partial charge in [0.2, 0.25) is 5.91 Å². The summed E-state index contributed by atoms with van der Waals surface area (Å²) in [6.07, 6.45) is 0.293. The Morgan fingerprint density at radius 1 is 1.29 bits per heavy atom. The van der Waals surface area contributed by atoms with Gasteiger partial charge in [0, 0.05) is 24.9 Å². The van der Waals surface area contributed by atoms with E-state index in [1.807, 2.05) is 0 Å². The number of anilines is 1. The van der Waals surface area contributed by atoms with Crippen molar-refractivity contribution in [2.24, 2.45) is 11.8 Å². The van der Waals surface area contributed by atoms with E-state index in [1.165, 1.54) is 7.05 Å². The first-order valence-corrected chi connectivity index (χ1v) is 6.77. The summed E-state index contributed by atoms with van der Waals surface area (Å²) in [4.78, 5) is 34.1. The summed E-state index contributed by atoms with van der Waals surface area (Å²) in [6, 6.07) is 4.87. The molecule has 1 aliphatic carbocycles. The van der Waals surface area contributed by atoms with Crippen LogP contribution >= 0.6 is 15.9 Å². The molecule has 1 aliphatic rings. The summed E-state index contributed by atoms with van der Waals surface area (Å²) < 4.78 is 0.457. The molecule has 0 radical (unpaired) electrons. The third kappa shape index (κ3) is 4.06. The first kappa shape index (κ1) is 18.2. The molecule has 0 heterocycles. The maximum Gasteiger partial charge on any atom is 1.00 e. The Kier molecular flexibility index (Phi) is 6.40. The van der Waals surface area contributed by atoms with Gasteiger partial charge in [-0.3, -0.25) is 9.59 Å². The maximum absolute atomic E-state index is 11.9. The van der Waals surface area contributed by atoms with Crippen molar-refractivity contribution in [3.63, 3.8) is 0 Å². The minimum Gasteiger partial charge on any atom is -0.550 e. The average molecular weight is 363 g/mol. The SMILES string of the molecule is CNC(=O)c1cccc(NC(=O)[C@@H]2C[C@@H]2C(=O)[O-])c1Br.[Na+]. The molecule has 0 aromatic heterocycles. The number of nitrogens with one attached hydrogen (secondary N) is 2. The number of carbonyl (C=O) groups is 3. The molecule has 0 saturated heterocycles. The van der Waals surface area contributed by atoms with Gasteiger partial charge in [-0.05, 0) is 34.5 Å². The number of amides is 2. The number of carbonyl (C=O) groups excluding carboxylic acids is 3. The molecular formula is C13H12BrN2NaO4. The van der Waals surface area contributed by atoms with Crippen molar-refractivity contribution in [1.82, 2.24) is 5.32 Å². The van der Waals surface area contributed by atoms with Crippen LogP contribution in [0.3, 0.4) is 0 Å². The van der Waals surface area contributed by atoms with Gasteiger partial charge in [-0.2, -0.15) is 0 Å². The van der Waals surface area contributed by atoms with E-state index in [0.717, 1.165) is 0 Å². The topological polar surface area (TPSA) is 98.3 Å². The van der Waals surface area contributed by atoms with E-state index in [9.17, 15) is 19.5 Å². The van der Waals surface area contributed by atoms with Crippen LogP contribution in [0, 0.1) is 11.8 Å².